The number of rotatable bonds is 3. The third-order valence-electron chi connectivity index (χ3n) is 3.34. The van der Waals surface area contributed by atoms with E-state index in [4.69, 9.17) is 5.73 Å². The molecule has 0 radical (unpaired) electrons. The number of nitrogens with zero attached hydrogens (tertiary/aromatic N) is 1. The van der Waals surface area contributed by atoms with E-state index >= 15 is 0 Å². The number of hydrogen-bond acceptors (Lipinski definition) is 2. The maximum absolute atomic E-state index is 14.0. The Labute approximate surface area is 129 Å². The highest BCUT2D eigenvalue weighted by Crippen LogP contribution is 2.18. The summed E-state index contributed by atoms with van der Waals surface area (Å²) in [6.45, 7) is 3.32. The zero-order valence-electron chi connectivity index (χ0n) is 11.6. The van der Waals surface area contributed by atoms with E-state index in [-0.39, 0.29) is 17.9 Å². The summed E-state index contributed by atoms with van der Waals surface area (Å²) in [4.78, 5) is 23.7. The molecule has 110 valence electrons. The lowest BCUT2D eigenvalue weighted by Gasteiger charge is -2.12. The summed E-state index contributed by atoms with van der Waals surface area (Å²) in [6.07, 6.45) is 1.53. The lowest BCUT2D eigenvalue weighted by atomic mass is 10.1. The lowest BCUT2D eigenvalue weighted by molar-refractivity contribution is 0.0997. The Morgan fingerprint density at radius 2 is 2.05 bits per heavy atom. The molecule has 0 fully saturated rings. The predicted molar refractivity (Wildman–Crippen MR) is 81.9 cm³/mol. The first-order valence-corrected chi connectivity index (χ1v) is 7.05. The maximum atomic E-state index is 14.0. The Morgan fingerprint density at radius 1 is 1.38 bits per heavy atom. The van der Waals surface area contributed by atoms with Crippen LogP contribution >= 0.6 is 15.9 Å². The van der Waals surface area contributed by atoms with Crippen molar-refractivity contribution in [2.75, 3.05) is 0 Å². The van der Waals surface area contributed by atoms with Gasteiger partial charge < -0.3 is 10.3 Å². The molecule has 0 spiro atoms. The lowest BCUT2D eigenvalue weighted by Crippen LogP contribution is -2.31. The third kappa shape index (κ3) is 2.90. The van der Waals surface area contributed by atoms with Gasteiger partial charge in [-0.3, -0.25) is 9.59 Å². The summed E-state index contributed by atoms with van der Waals surface area (Å²) >= 11 is 3.28. The number of carbonyl (C=O) groups is 1. The van der Waals surface area contributed by atoms with Crippen LogP contribution in [0.5, 0.6) is 0 Å². The molecule has 4 nitrogen and oxygen atoms in total. The summed E-state index contributed by atoms with van der Waals surface area (Å²) < 4.78 is 15.9. The smallest absolute Gasteiger partial charge is 0.264 e. The first-order valence-electron chi connectivity index (χ1n) is 6.26. The number of aromatic nitrogens is 1. The molecule has 1 heterocycles. The van der Waals surface area contributed by atoms with Crippen LogP contribution in [0.15, 0.2) is 33.7 Å². The van der Waals surface area contributed by atoms with Gasteiger partial charge in [-0.05, 0) is 40.9 Å². The monoisotopic (exact) mass is 352 g/mol. The van der Waals surface area contributed by atoms with E-state index in [9.17, 15) is 14.0 Å². The van der Waals surface area contributed by atoms with Gasteiger partial charge in [-0.15, -0.1) is 0 Å². The average Bonchev–Trinajstić information content (AvgIpc) is 2.41. The molecular formula is C15H14BrFN2O2. The van der Waals surface area contributed by atoms with Gasteiger partial charge in [0.05, 0.1) is 6.54 Å². The van der Waals surface area contributed by atoms with Crippen molar-refractivity contribution in [2.45, 2.75) is 20.4 Å². The molecule has 0 saturated heterocycles. The number of hydrogen-bond donors (Lipinski definition) is 1. The molecule has 2 rings (SSSR count). The van der Waals surface area contributed by atoms with Crippen LogP contribution in [0.4, 0.5) is 4.39 Å². The molecule has 0 bridgehead atoms. The fourth-order valence-corrected chi connectivity index (χ4v) is 2.58. The van der Waals surface area contributed by atoms with Gasteiger partial charge in [-0.2, -0.15) is 0 Å². The van der Waals surface area contributed by atoms with Crippen LogP contribution in [0.1, 0.15) is 27.0 Å². The normalized spacial score (nSPS) is 10.7. The molecule has 1 aromatic carbocycles. The number of carbonyl (C=O) groups excluding carboxylic acids is 1. The van der Waals surface area contributed by atoms with Crippen LogP contribution in [-0.2, 0) is 6.54 Å². The molecule has 2 N–H and O–H groups in total. The summed E-state index contributed by atoms with van der Waals surface area (Å²) in [5.41, 5.74) is 6.00. The molecule has 0 aliphatic heterocycles. The van der Waals surface area contributed by atoms with Gasteiger partial charge in [0.15, 0.2) is 0 Å². The van der Waals surface area contributed by atoms with Gasteiger partial charge in [0.25, 0.3) is 11.5 Å². The Morgan fingerprint density at radius 3 is 2.67 bits per heavy atom. The molecule has 0 atom stereocenters. The van der Waals surface area contributed by atoms with Gasteiger partial charge in [0.2, 0.25) is 0 Å². The van der Waals surface area contributed by atoms with E-state index in [2.05, 4.69) is 15.9 Å². The Bertz CT molecular complexity index is 784. The zero-order chi connectivity index (χ0) is 15.7. The topological polar surface area (TPSA) is 65.1 Å². The van der Waals surface area contributed by atoms with Crippen LogP contribution in [0.2, 0.25) is 0 Å². The zero-order valence-corrected chi connectivity index (χ0v) is 13.2. The van der Waals surface area contributed by atoms with Crippen molar-refractivity contribution < 1.29 is 9.18 Å². The first kappa shape index (κ1) is 15.4. The van der Waals surface area contributed by atoms with Crippen molar-refractivity contribution in [3.05, 3.63) is 67.3 Å². The van der Waals surface area contributed by atoms with Gasteiger partial charge >= 0.3 is 0 Å². The average molecular weight is 353 g/mol. The van der Waals surface area contributed by atoms with Crippen molar-refractivity contribution in [1.82, 2.24) is 4.57 Å². The molecule has 1 aromatic heterocycles. The van der Waals surface area contributed by atoms with Gasteiger partial charge in [0.1, 0.15) is 11.4 Å². The van der Waals surface area contributed by atoms with E-state index in [0.29, 0.717) is 21.2 Å². The molecule has 2 aromatic rings. The van der Waals surface area contributed by atoms with Gasteiger partial charge in [-0.1, -0.05) is 18.2 Å². The molecule has 21 heavy (non-hydrogen) atoms. The SMILES string of the molecule is Cc1cccc(Cn2cc(Br)c(C)c(C(N)=O)c2=O)c1F. The van der Waals surface area contributed by atoms with Crippen molar-refractivity contribution >= 4 is 21.8 Å². The minimum Gasteiger partial charge on any atom is -0.365 e. The van der Waals surface area contributed by atoms with Crippen LogP contribution in [0.25, 0.3) is 0 Å². The Hall–Kier alpha value is -1.95. The Kier molecular flexibility index (Phi) is 4.27. The van der Waals surface area contributed by atoms with E-state index in [1.165, 1.54) is 10.8 Å². The summed E-state index contributed by atoms with van der Waals surface area (Å²) in [6, 6.07) is 4.98. The first-order chi connectivity index (χ1) is 9.82. The number of benzene rings is 1. The number of nitrogens with two attached hydrogens (primary N) is 1. The second-order valence-electron chi connectivity index (χ2n) is 4.82. The summed E-state index contributed by atoms with van der Waals surface area (Å²) in [7, 11) is 0. The minimum atomic E-state index is -0.794. The highest BCUT2D eigenvalue weighted by molar-refractivity contribution is 9.10. The largest absolute Gasteiger partial charge is 0.365 e. The molecule has 1 amide bonds. The fourth-order valence-electron chi connectivity index (χ4n) is 2.14. The van der Waals surface area contributed by atoms with E-state index in [0.717, 1.165) is 0 Å². The highest BCUT2D eigenvalue weighted by Gasteiger charge is 2.17. The van der Waals surface area contributed by atoms with Crippen LogP contribution in [0.3, 0.4) is 0 Å². The fraction of sp³-hybridized carbons (Fsp3) is 0.200. The quantitative estimate of drug-likeness (QED) is 0.922. The van der Waals surface area contributed by atoms with Crippen LogP contribution in [-0.4, -0.2) is 10.5 Å². The molecule has 0 unspecified atom stereocenters. The van der Waals surface area contributed by atoms with E-state index < -0.39 is 11.5 Å². The number of aryl methyl sites for hydroxylation is 1. The van der Waals surface area contributed by atoms with Gasteiger partial charge in [0, 0.05) is 16.2 Å². The molecule has 6 heteroatoms. The molecular weight excluding hydrogens is 339 g/mol. The highest BCUT2D eigenvalue weighted by atomic mass is 79.9. The third-order valence-corrected chi connectivity index (χ3v) is 4.14. The van der Waals surface area contributed by atoms with Crippen LogP contribution in [0, 0.1) is 19.7 Å². The number of halogens is 2. The van der Waals surface area contributed by atoms with Crippen molar-refractivity contribution in [2.24, 2.45) is 5.73 Å². The summed E-state index contributed by atoms with van der Waals surface area (Å²) in [5, 5.41) is 0. The van der Waals surface area contributed by atoms with Gasteiger partial charge in [-0.25, -0.2) is 4.39 Å². The van der Waals surface area contributed by atoms with E-state index in [1.54, 1.807) is 32.0 Å². The molecule has 0 saturated carbocycles. The van der Waals surface area contributed by atoms with Crippen molar-refractivity contribution in [1.29, 1.82) is 0 Å². The minimum absolute atomic E-state index is 0.0332. The standard InChI is InChI=1S/C15H14BrFN2O2/c1-8-4-3-5-10(13(8)17)6-19-7-11(16)9(2)12(14(18)20)15(19)21/h3-5,7H,6H2,1-2H3,(H2,18,20). The predicted octanol–water partition coefficient (Wildman–Crippen LogP) is 2.51. The second-order valence-corrected chi connectivity index (χ2v) is 5.68. The van der Waals surface area contributed by atoms with E-state index in [1.807, 2.05) is 0 Å². The number of pyridine rings is 1. The number of amides is 1. The van der Waals surface area contributed by atoms with Crippen LogP contribution < -0.4 is 11.3 Å². The van der Waals surface area contributed by atoms with Crippen molar-refractivity contribution in [3.63, 3.8) is 0 Å². The molecule has 0 aliphatic rings. The maximum Gasteiger partial charge on any atom is 0.264 e. The van der Waals surface area contributed by atoms with Crippen molar-refractivity contribution in [3.8, 4) is 0 Å². The Balaban J connectivity index is 2.58. The summed E-state index contributed by atoms with van der Waals surface area (Å²) in [5.74, 6) is -1.15. The number of primary amides is 1. The second kappa shape index (κ2) is 5.81. The molecule has 0 aliphatic carbocycles.